The summed E-state index contributed by atoms with van der Waals surface area (Å²) < 4.78 is 28.7. The molecular formula is C13H15Cl2F2NO. The van der Waals surface area contributed by atoms with E-state index < -0.39 is 6.61 Å². The predicted molar refractivity (Wildman–Crippen MR) is 73.5 cm³/mol. The molecule has 1 N–H and O–H groups in total. The average molecular weight is 310 g/mol. The highest BCUT2D eigenvalue weighted by Gasteiger charge is 2.42. The van der Waals surface area contributed by atoms with Crippen molar-refractivity contribution >= 4 is 28.9 Å². The molecule has 1 unspecified atom stereocenters. The van der Waals surface area contributed by atoms with Crippen LogP contribution in [-0.2, 0) is 0 Å². The van der Waals surface area contributed by atoms with Gasteiger partial charge in [0.25, 0.3) is 0 Å². The van der Waals surface area contributed by atoms with E-state index in [0.29, 0.717) is 5.69 Å². The maximum Gasteiger partial charge on any atom is 0.387 e. The second kappa shape index (κ2) is 5.33. The van der Waals surface area contributed by atoms with E-state index in [9.17, 15) is 8.78 Å². The number of nitrogens with one attached hydrogen (secondary N) is 1. The molecule has 0 radical (unpaired) electrons. The molecule has 0 aliphatic heterocycles. The molecule has 0 saturated heterocycles. The number of rotatable bonds is 5. The molecule has 1 saturated carbocycles. The summed E-state index contributed by atoms with van der Waals surface area (Å²) >= 11 is 11.8. The third kappa shape index (κ3) is 3.42. The minimum absolute atomic E-state index is 0.0726. The molecular weight excluding hydrogens is 295 g/mol. The Hall–Kier alpha value is -0.740. The summed E-state index contributed by atoms with van der Waals surface area (Å²) in [6.45, 7) is 1.33. The van der Waals surface area contributed by atoms with Gasteiger partial charge in [-0.1, -0.05) is 30.1 Å². The number of benzene rings is 1. The smallest absolute Gasteiger partial charge is 0.387 e. The Labute approximate surface area is 121 Å². The summed E-state index contributed by atoms with van der Waals surface area (Å²) in [5.74, 6) is -0.186. The summed E-state index contributed by atoms with van der Waals surface area (Å²) in [5.41, 5.74) is 0.995. The summed E-state index contributed by atoms with van der Waals surface area (Å²) in [6.07, 6.45) is 2.35. The van der Waals surface area contributed by atoms with Gasteiger partial charge in [-0.05, 0) is 37.3 Å². The zero-order chi connectivity index (χ0) is 14.2. The van der Waals surface area contributed by atoms with E-state index in [1.165, 1.54) is 12.8 Å². The molecule has 1 atom stereocenters. The van der Waals surface area contributed by atoms with Gasteiger partial charge < -0.3 is 10.1 Å². The van der Waals surface area contributed by atoms with Crippen LogP contribution in [0.25, 0.3) is 0 Å². The molecule has 6 heteroatoms. The zero-order valence-corrected chi connectivity index (χ0v) is 12.2. The molecule has 0 heterocycles. The van der Waals surface area contributed by atoms with Gasteiger partial charge in [0, 0.05) is 11.7 Å². The Morgan fingerprint density at radius 1 is 1.26 bits per heavy atom. The third-order valence-corrected chi connectivity index (χ3v) is 4.23. The van der Waals surface area contributed by atoms with Crippen LogP contribution in [0.5, 0.6) is 5.75 Å². The van der Waals surface area contributed by atoms with E-state index in [4.69, 9.17) is 23.2 Å². The molecule has 106 valence electrons. The molecule has 0 aromatic heterocycles. The molecule has 2 nitrogen and oxygen atoms in total. The zero-order valence-electron chi connectivity index (χ0n) is 10.6. The molecule has 1 aromatic carbocycles. The van der Waals surface area contributed by atoms with E-state index in [1.54, 1.807) is 12.1 Å². The lowest BCUT2D eigenvalue weighted by molar-refractivity contribution is -0.0497. The number of hydrogen-bond acceptors (Lipinski definition) is 2. The Morgan fingerprint density at radius 2 is 1.79 bits per heavy atom. The first-order chi connectivity index (χ1) is 8.82. The number of anilines is 1. The van der Waals surface area contributed by atoms with Crippen molar-refractivity contribution in [1.29, 1.82) is 0 Å². The van der Waals surface area contributed by atoms with Gasteiger partial charge in [-0.15, -0.1) is 0 Å². The number of ether oxygens (including phenoxy) is 1. The molecule has 2 rings (SSSR count). The highest BCUT2D eigenvalue weighted by Crippen LogP contribution is 2.49. The molecule has 0 bridgehead atoms. The largest absolute Gasteiger partial charge is 0.432 e. The van der Waals surface area contributed by atoms with Crippen molar-refractivity contribution in [2.75, 3.05) is 5.32 Å². The lowest BCUT2D eigenvalue weighted by Gasteiger charge is -2.22. The minimum atomic E-state index is -2.95. The fraction of sp³-hybridized carbons (Fsp3) is 0.538. The van der Waals surface area contributed by atoms with Gasteiger partial charge in [-0.3, -0.25) is 0 Å². The van der Waals surface area contributed by atoms with Crippen LogP contribution >= 0.6 is 23.2 Å². The molecule has 19 heavy (non-hydrogen) atoms. The van der Waals surface area contributed by atoms with Crippen LogP contribution in [0, 0.1) is 5.41 Å². The Kier molecular flexibility index (Phi) is 4.11. The van der Waals surface area contributed by atoms with Crippen molar-refractivity contribution in [3.05, 3.63) is 22.2 Å². The van der Waals surface area contributed by atoms with Crippen molar-refractivity contribution in [2.45, 2.75) is 39.3 Å². The van der Waals surface area contributed by atoms with Gasteiger partial charge >= 0.3 is 6.61 Å². The van der Waals surface area contributed by atoms with Crippen LogP contribution in [0.15, 0.2) is 12.1 Å². The molecule has 0 amide bonds. The monoisotopic (exact) mass is 309 g/mol. The quantitative estimate of drug-likeness (QED) is 0.807. The first-order valence-electron chi connectivity index (χ1n) is 6.02. The topological polar surface area (TPSA) is 21.3 Å². The minimum Gasteiger partial charge on any atom is -0.432 e. The Bertz CT molecular complexity index is 455. The van der Waals surface area contributed by atoms with Crippen molar-refractivity contribution in [2.24, 2.45) is 5.41 Å². The van der Waals surface area contributed by atoms with Gasteiger partial charge in [-0.25, -0.2) is 0 Å². The van der Waals surface area contributed by atoms with E-state index in [-0.39, 0.29) is 27.3 Å². The van der Waals surface area contributed by atoms with E-state index in [0.717, 1.165) is 0 Å². The van der Waals surface area contributed by atoms with Gasteiger partial charge in [-0.2, -0.15) is 8.78 Å². The van der Waals surface area contributed by atoms with Crippen molar-refractivity contribution in [3.8, 4) is 5.75 Å². The lowest BCUT2D eigenvalue weighted by Crippen LogP contribution is -2.24. The average Bonchev–Trinajstić information content (AvgIpc) is 3.03. The second-order valence-electron chi connectivity index (χ2n) is 5.17. The summed E-state index contributed by atoms with van der Waals surface area (Å²) in [5, 5.41) is 3.44. The van der Waals surface area contributed by atoms with Gasteiger partial charge in [0.15, 0.2) is 5.75 Å². The maximum absolute atomic E-state index is 12.2. The van der Waals surface area contributed by atoms with Gasteiger partial charge in [0.05, 0.1) is 10.0 Å². The van der Waals surface area contributed by atoms with Gasteiger partial charge in [0.2, 0.25) is 0 Å². The molecule has 1 fully saturated rings. The lowest BCUT2D eigenvalue weighted by atomic mass is 10.0. The predicted octanol–water partition coefficient (Wildman–Crippen LogP) is 5.20. The second-order valence-corrected chi connectivity index (χ2v) is 5.98. The summed E-state index contributed by atoms with van der Waals surface area (Å²) in [4.78, 5) is 0. The van der Waals surface area contributed by atoms with Gasteiger partial charge in [0.1, 0.15) is 0 Å². The van der Waals surface area contributed by atoms with Crippen LogP contribution in [0.1, 0.15) is 26.7 Å². The molecule has 1 aliphatic rings. The molecule has 0 spiro atoms. The van der Waals surface area contributed by atoms with Crippen molar-refractivity contribution in [1.82, 2.24) is 0 Å². The normalized spacial score (nSPS) is 18.3. The highest BCUT2D eigenvalue weighted by atomic mass is 35.5. The number of hydrogen-bond donors (Lipinski definition) is 1. The van der Waals surface area contributed by atoms with Crippen LogP contribution in [0.2, 0.25) is 10.0 Å². The Morgan fingerprint density at radius 3 is 2.21 bits per heavy atom. The maximum atomic E-state index is 12.2. The summed E-state index contributed by atoms with van der Waals surface area (Å²) in [7, 11) is 0. The van der Waals surface area contributed by atoms with E-state index >= 15 is 0 Å². The van der Waals surface area contributed by atoms with Crippen molar-refractivity contribution < 1.29 is 13.5 Å². The SMILES string of the molecule is CC(Nc1cc(Cl)c(OC(F)F)c(Cl)c1)C1(C)CC1. The fourth-order valence-electron chi connectivity index (χ4n) is 1.90. The third-order valence-electron chi connectivity index (χ3n) is 3.67. The van der Waals surface area contributed by atoms with E-state index in [2.05, 4.69) is 23.9 Å². The van der Waals surface area contributed by atoms with Crippen LogP contribution in [0.3, 0.4) is 0 Å². The van der Waals surface area contributed by atoms with Crippen LogP contribution < -0.4 is 10.1 Å². The molecule has 1 aliphatic carbocycles. The number of alkyl halides is 2. The first kappa shape index (κ1) is 14.7. The fourth-order valence-corrected chi connectivity index (χ4v) is 2.48. The van der Waals surface area contributed by atoms with Crippen molar-refractivity contribution in [3.63, 3.8) is 0 Å². The molecule has 1 aromatic rings. The standard InChI is InChI=1S/C13H15Cl2F2NO/c1-7(13(2)3-4-13)18-8-5-9(14)11(10(15)6-8)19-12(16)17/h5-7,12,18H,3-4H2,1-2H3. The highest BCUT2D eigenvalue weighted by molar-refractivity contribution is 6.37. The Balaban J connectivity index is 2.15. The number of halogens is 4. The summed E-state index contributed by atoms with van der Waals surface area (Å²) in [6, 6.07) is 3.36. The van der Waals surface area contributed by atoms with Crippen LogP contribution in [-0.4, -0.2) is 12.7 Å². The van der Waals surface area contributed by atoms with Crippen LogP contribution in [0.4, 0.5) is 14.5 Å². The van der Waals surface area contributed by atoms with E-state index in [1.807, 2.05) is 0 Å². The first-order valence-corrected chi connectivity index (χ1v) is 6.78.